The second-order valence-electron chi connectivity index (χ2n) is 3.60. The summed E-state index contributed by atoms with van der Waals surface area (Å²) in [6, 6.07) is 0. The highest BCUT2D eigenvalue weighted by molar-refractivity contribution is 7.90. The lowest BCUT2D eigenvalue weighted by molar-refractivity contribution is -0.382. The number of hydrogen-bond acceptors (Lipinski definition) is 2. The van der Waals surface area contributed by atoms with Crippen LogP contribution in [-0.4, -0.2) is 31.7 Å². The molecule has 0 radical (unpaired) electrons. The van der Waals surface area contributed by atoms with Crippen LogP contribution < -0.4 is 4.72 Å². The fourth-order valence-corrected chi connectivity index (χ4v) is 1.75. The molecule has 0 saturated heterocycles. The molecule has 0 aliphatic carbocycles. The van der Waals surface area contributed by atoms with E-state index in [1.807, 2.05) is 0 Å². The van der Waals surface area contributed by atoms with E-state index < -0.39 is 33.3 Å². The molecule has 0 heterocycles. The molecule has 0 aromatic carbocycles. The van der Waals surface area contributed by atoms with Gasteiger partial charge in [-0.05, 0) is 6.42 Å². The standard InChI is InChI=1S/C8H8F9NO2S/c1-2-3-4-18-21(19,20)8(16,17)6(11,12)5(9,10)7(13,14)15/h3-4,18H,2H2,1H3/b4-3-. The molecule has 0 spiro atoms. The molecule has 21 heavy (non-hydrogen) atoms. The molecule has 0 unspecified atom stereocenters. The number of rotatable bonds is 6. The molecule has 0 aromatic rings. The third-order valence-electron chi connectivity index (χ3n) is 2.03. The lowest BCUT2D eigenvalue weighted by atomic mass is 10.1. The van der Waals surface area contributed by atoms with Gasteiger partial charge in [0.1, 0.15) is 0 Å². The fraction of sp³-hybridized carbons (Fsp3) is 0.750. The maximum atomic E-state index is 13.0. The Morgan fingerprint density at radius 3 is 1.67 bits per heavy atom. The summed E-state index contributed by atoms with van der Waals surface area (Å²) in [6.45, 7) is 1.37. The summed E-state index contributed by atoms with van der Waals surface area (Å²) in [7, 11) is -6.53. The van der Waals surface area contributed by atoms with E-state index in [1.54, 1.807) is 0 Å². The van der Waals surface area contributed by atoms with E-state index in [0.717, 1.165) is 6.08 Å². The summed E-state index contributed by atoms with van der Waals surface area (Å²) in [5, 5.41) is -6.71. The molecule has 0 bridgehead atoms. The van der Waals surface area contributed by atoms with Crippen molar-refractivity contribution in [3.05, 3.63) is 12.3 Å². The van der Waals surface area contributed by atoms with Gasteiger partial charge in [-0.1, -0.05) is 13.0 Å². The Labute approximate surface area is 112 Å². The number of halogens is 9. The number of hydrogen-bond donors (Lipinski definition) is 1. The van der Waals surface area contributed by atoms with Crippen LogP contribution in [-0.2, 0) is 10.0 Å². The Morgan fingerprint density at radius 2 is 1.33 bits per heavy atom. The van der Waals surface area contributed by atoms with Crippen molar-refractivity contribution >= 4 is 10.0 Å². The summed E-state index contributed by atoms with van der Waals surface area (Å²) in [5.74, 6) is -14.5. The Kier molecular flexibility index (Phi) is 5.27. The van der Waals surface area contributed by atoms with Crippen LogP contribution >= 0.6 is 0 Å². The van der Waals surface area contributed by atoms with Crippen LogP contribution in [0.25, 0.3) is 0 Å². The fourth-order valence-electron chi connectivity index (χ4n) is 0.859. The van der Waals surface area contributed by atoms with Crippen molar-refractivity contribution in [3.8, 4) is 0 Å². The minimum absolute atomic E-state index is 0.0448. The SMILES string of the molecule is CC/C=C\NS(=O)(=O)C(F)(F)C(F)(F)C(F)(F)C(F)(F)F. The molecule has 0 atom stereocenters. The zero-order valence-electron chi connectivity index (χ0n) is 9.99. The summed E-state index contributed by atoms with van der Waals surface area (Å²) >= 11 is 0. The van der Waals surface area contributed by atoms with E-state index >= 15 is 0 Å². The zero-order valence-corrected chi connectivity index (χ0v) is 10.8. The van der Waals surface area contributed by atoms with Gasteiger partial charge in [-0.2, -0.15) is 47.9 Å². The van der Waals surface area contributed by atoms with Crippen molar-refractivity contribution < 1.29 is 47.9 Å². The van der Waals surface area contributed by atoms with Gasteiger partial charge in [-0.3, -0.25) is 4.72 Å². The van der Waals surface area contributed by atoms with Crippen molar-refractivity contribution in [2.75, 3.05) is 0 Å². The summed E-state index contributed by atoms with van der Waals surface area (Å²) in [4.78, 5) is 0. The van der Waals surface area contributed by atoms with Gasteiger partial charge in [0.2, 0.25) is 0 Å². The highest BCUT2D eigenvalue weighted by atomic mass is 32.2. The van der Waals surface area contributed by atoms with Crippen LogP contribution in [0.4, 0.5) is 39.5 Å². The second-order valence-corrected chi connectivity index (χ2v) is 5.35. The first-order valence-corrected chi connectivity index (χ1v) is 6.41. The Hall–Kier alpha value is -1.14. The zero-order chi connectivity index (χ0) is 17.3. The van der Waals surface area contributed by atoms with Gasteiger partial charge < -0.3 is 0 Å². The third kappa shape index (κ3) is 3.21. The van der Waals surface area contributed by atoms with E-state index in [4.69, 9.17) is 0 Å². The average molecular weight is 353 g/mol. The number of allylic oxidation sites excluding steroid dienone is 1. The van der Waals surface area contributed by atoms with Gasteiger partial charge in [-0.15, -0.1) is 0 Å². The van der Waals surface area contributed by atoms with Crippen LogP contribution in [0.5, 0.6) is 0 Å². The molecule has 1 N–H and O–H groups in total. The van der Waals surface area contributed by atoms with Crippen molar-refractivity contribution in [1.29, 1.82) is 0 Å². The topological polar surface area (TPSA) is 46.2 Å². The highest BCUT2D eigenvalue weighted by Gasteiger charge is 2.85. The quantitative estimate of drug-likeness (QED) is 0.745. The molecule has 0 amide bonds. The monoisotopic (exact) mass is 353 g/mol. The molecule has 0 aliphatic heterocycles. The highest BCUT2D eigenvalue weighted by Crippen LogP contribution is 2.54. The first-order valence-electron chi connectivity index (χ1n) is 4.93. The molecule has 0 saturated carbocycles. The van der Waals surface area contributed by atoms with E-state index in [2.05, 4.69) is 0 Å². The first kappa shape index (κ1) is 19.9. The van der Waals surface area contributed by atoms with Crippen LogP contribution in [0.1, 0.15) is 13.3 Å². The van der Waals surface area contributed by atoms with Crippen LogP contribution in [0.2, 0.25) is 0 Å². The smallest absolute Gasteiger partial charge is 0.285 e. The molecule has 0 fully saturated rings. The van der Waals surface area contributed by atoms with Gasteiger partial charge in [-0.25, -0.2) is 0 Å². The summed E-state index contributed by atoms with van der Waals surface area (Å²) in [6.07, 6.45) is -6.00. The van der Waals surface area contributed by atoms with Gasteiger partial charge >= 0.3 is 33.3 Å². The maximum Gasteiger partial charge on any atom is 0.460 e. The van der Waals surface area contributed by atoms with Crippen LogP contribution in [0.15, 0.2) is 12.3 Å². The van der Waals surface area contributed by atoms with Crippen molar-refractivity contribution in [2.24, 2.45) is 0 Å². The van der Waals surface area contributed by atoms with Gasteiger partial charge in [0.25, 0.3) is 0 Å². The number of sulfonamides is 1. The summed E-state index contributed by atoms with van der Waals surface area (Å²) in [5.41, 5.74) is 0. The molecule has 0 aromatic heterocycles. The van der Waals surface area contributed by atoms with Crippen molar-refractivity contribution in [2.45, 2.75) is 36.6 Å². The minimum Gasteiger partial charge on any atom is -0.285 e. The molecule has 13 heteroatoms. The van der Waals surface area contributed by atoms with Crippen LogP contribution in [0.3, 0.4) is 0 Å². The van der Waals surface area contributed by atoms with E-state index in [0.29, 0.717) is 4.72 Å². The molecular formula is C8H8F9NO2S. The van der Waals surface area contributed by atoms with E-state index in [9.17, 15) is 47.9 Å². The predicted molar refractivity (Wildman–Crippen MR) is 52.4 cm³/mol. The third-order valence-corrected chi connectivity index (χ3v) is 3.41. The van der Waals surface area contributed by atoms with E-state index in [-0.39, 0.29) is 12.6 Å². The molecule has 3 nitrogen and oxygen atoms in total. The lowest BCUT2D eigenvalue weighted by Crippen LogP contribution is -2.64. The molecule has 126 valence electrons. The number of nitrogens with one attached hydrogen (secondary N) is 1. The van der Waals surface area contributed by atoms with E-state index in [1.165, 1.54) is 6.92 Å². The van der Waals surface area contributed by atoms with Gasteiger partial charge in [0, 0.05) is 6.20 Å². The average Bonchev–Trinajstić information content (AvgIpc) is 2.26. The minimum atomic E-state index is -7.26. The van der Waals surface area contributed by atoms with Gasteiger partial charge in [0.05, 0.1) is 0 Å². The number of alkyl halides is 9. The van der Waals surface area contributed by atoms with Crippen LogP contribution in [0, 0.1) is 0 Å². The normalized spacial score (nSPS) is 15.5. The molecule has 0 aliphatic rings. The Bertz CT molecular complexity index is 494. The summed E-state index contributed by atoms with van der Waals surface area (Å²) < 4.78 is 134. The molecule has 0 rings (SSSR count). The Morgan fingerprint density at radius 1 is 0.905 bits per heavy atom. The largest absolute Gasteiger partial charge is 0.460 e. The van der Waals surface area contributed by atoms with Crippen molar-refractivity contribution in [1.82, 2.24) is 4.72 Å². The second kappa shape index (κ2) is 5.57. The first-order chi connectivity index (χ1) is 9.06. The Balaban J connectivity index is 5.84. The van der Waals surface area contributed by atoms with Crippen molar-refractivity contribution in [3.63, 3.8) is 0 Å². The lowest BCUT2D eigenvalue weighted by Gasteiger charge is -2.32. The molecular weight excluding hydrogens is 345 g/mol. The predicted octanol–water partition coefficient (Wildman–Crippen LogP) is 3.26. The maximum absolute atomic E-state index is 13.0. The van der Waals surface area contributed by atoms with Gasteiger partial charge in [0.15, 0.2) is 0 Å².